The summed E-state index contributed by atoms with van der Waals surface area (Å²) in [6.45, 7) is 0. The molecule has 0 radical (unpaired) electrons. The van der Waals surface area contributed by atoms with Crippen LogP contribution in [0.3, 0.4) is 0 Å². The topological polar surface area (TPSA) is 74.6 Å². The van der Waals surface area contributed by atoms with Crippen LogP contribution < -0.4 is 0 Å². The van der Waals surface area contributed by atoms with E-state index in [0.29, 0.717) is 0 Å². The van der Waals surface area contributed by atoms with Crippen LogP contribution >= 0.6 is 0 Å². The van der Waals surface area contributed by atoms with Gasteiger partial charge in [-0.2, -0.15) is 0 Å². The number of hydrogen-bond donors (Lipinski definition) is 0. The number of nitrogens with zero attached hydrogens (tertiary/aromatic N) is 9. The van der Waals surface area contributed by atoms with Gasteiger partial charge in [-0.05, 0) is 189 Å². The monoisotopic (exact) mass is 1670 g/mol. The summed E-state index contributed by atoms with van der Waals surface area (Å²) in [5.74, 6) is 0. The van der Waals surface area contributed by atoms with Crippen LogP contribution in [0.2, 0.25) is 0 Å². The second-order valence-corrected chi connectivity index (χ2v) is 32.9. The predicted molar refractivity (Wildman–Crippen MR) is 543 cm³/mol. The maximum Gasteiger partial charge on any atom is 0.137 e. The van der Waals surface area contributed by atoms with E-state index >= 15 is 0 Å². The molecular weight excluding hydrogens is 1590 g/mol. The quantitative estimate of drug-likeness (QED) is 0.102. The molecule has 0 aliphatic carbocycles. The van der Waals surface area contributed by atoms with Crippen molar-refractivity contribution in [1.29, 1.82) is 0 Å². The Morgan fingerprint density at radius 3 is 0.779 bits per heavy atom. The van der Waals surface area contributed by atoms with Crippen LogP contribution in [0, 0.1) is 0 Å². The maximum absolute atomic E-state index is 5.16. The summed E-state index contributed by atoms with van der Waals surface area (Å²) in [5.41, 5.74) is 38.5. The van der Waals surface area contributed by atoms with Crippen LogP contribution in [0.4, 0.5) is 0 Å². The van der Waals surface area contributed by atoms with E-state index in [9.17, 15) is 0 Å². The number of pyridine rings is 4. The Balaban J connectivity index is 0.000000113. The number of rotatable bonds is 15. The van der Waals surface area contributed by atoms with Gasteiger partial charge < -0.3 is 9.13 Å². The van der Waals surface area contributed by atoms with Crippen molar-refractivity contribution >= 4 is 60.6 Å². The van der Waals surface area contributed by atoms with Gasteiger partial charge in [-0.1, -0.05) is 352 Å². The number of imidazole rings is 3. The Morgan fingerprint density at radius 2 is 0.397 bits per heavy atom. The summed E-state index contributed by atoms with van der Waals surface area (Å²) in [4.78, 5) is 20.4. The molecule has 0 N–H and O–H groups in total. The molecule has 25 rings (SSSR count). The summed E-state index contributed by atoms with van der Waals surface area (Å²) in [6, 6.07) is 171. The Morgan fingerprint density at radius 1 is 0.145 bits per heavy atom. The van der Waals surface area contributed by atoms with Crippen molar-refractivity contribution in [3.8, 4) is 157 Å². The maximum atomic E-state index is 5.16. The molecule has 131 heavy (non-hydrogen) atoms. The zero-order chi connectivity index (χ0) is 86.9. The van der Waals surface area contributed by atoms with Crippen molar-refractivity contribution in [2.45, 2.75) is 0 Å². The van der Waals surface area contributed by atoms with E-state index in [2.05, 4.69) is 496 Å². The highest BCUT2D eigenvalue weighted by Crippen LogP contribution is 2.44. The lowest BCUT2D eigenvalue weighted by Gasteiger charge is -2.14. The molecule has 25 aromatic rings. The highest BCUT2D eigenvalue weighted by atomic mass is 15.0. The SMILES string of the molecule is c1ccc(-c2c(-c3cccc(-c4ccc(-n5c6ccccc6c6ccccc65)cc4)c3)nc3ccccn23)cc1.c1ccc(-c2c(-c3cccc(-c4cccc(-n5c6ccccc6c6ccccc65)c4)c3)nc3ccccn23)cc1.c1ccc(-c2cc(-c3cccc(-c4nc5ccccn5c4-c4ccccc4)c3)cc(-c3cc(-c4ccccc4)nc(-c4ccccc4)c3)c2)cc1. The second kappa shape index (κ2) is 34.4. The molecule has 0 atom stereocenters. The Kier molecular flexibility index (Phi) is 20.5. The van der Waals surface area contributed by atoms with Crippen molar-refractivity contribution in [2.24, 2.45) is 0 Å². The number of benzene rings is 16. The lowest BCUT2D eigenvalue weighted by Crippen LogP contribution is -1.94. The molecule has 616 valence electrons. The van der Waals surface area contributed by atoms with Gasteiger partial charge in [0, 0.05) is 96.0 Å². The molecule has 9 heteroatoms. The van der Waals surface area contributed by atoms with Crippen LogP contribution in [-0.2, 0) is 0 Å². The molecule has 0 saturated carbocycles. The average molecular weight is 1680 g/mol. The van der Waals surface area contributed by atoms with Crippen molar-refractivity contribution < 1.29 is 0 Å². The van der Waals surface area contributed by atoms with Gasteiger partial charge in [0.1, 0.15) is 16.9 Å². The van der Waals surface area contributed by atoms with E-state index in [1.54, 1.807) is 0 Å². The summed E-state index contributed by atoms with van der Waals surface area (Å²) in [6.07, 6.45) is 6.27. The number of para-hydroxylation sites is 4. The first-order valence-electron chi connectivity index (χ1n) is 44.4. The van der Waals surface area contributed by atoms with E-state index in [-0.39, 0.29) is 0 Å². The fourth-order valence-corrected chi connectivity index (χ4v) is 18.7. The van der Waals surface area contributed by atoms with Gasteiger partial charge in [-0.25, -0.2) is 19.9 Å². The first kappa shape index (κ1) is 78.1. The van der Waals surface area contributed by atoms with Crippen molar-refractivity contribution in [2.75, 3.05) is 0 Å². The molecule has 0 fully saturated rings. The van der Waals surface area contributed by atoms with Crippen LogP contribution in [-0.4, -0.2) is 42.3 Å². The third kappa shape index (κ3) is 15.1. The third-order valence-corrected chi connectivity index (χ3v) is 24.9. The summed E-state index contributed by atoms with van der Waals surface area (Å²) < 4.78 is 11.3. The lowest BCUT2D eigenvalue weighted by molar-refractivity contribution is 1.18. The zero-order valence-corrected chi connectivity index (χ0v) is 71.4. The van der Waals surface area contributed by atoms with Gasteiger partial charge >= 0.3 is 0 Å². The number of fused-ring (bicyclic) bond motifs is 9. The Hall–Kier alpha value is -17.7. The normalized spacial score (nSPS) is 11.4. The Bertz CT molecular complexity index is 8340. The first-order valence-corrected chi connectivity index (χ1v) is 44.4. The minimum atomic E-state index is 0.922. The molecule has 0 amide bonds. The molecule has 0 aliphatic heterocycles. The van der Waals surface area contributed by atoms with E-state index in [1.165, 1.54) is 65.9 Å². The summed E-state index contributed by atoms with van der Waals surface area (Å²) in [7, 11) is 0. The van der Waals surface area contributed by atoms with Crippen LogP contribution in [0.25, 0.3) is 218 Å². The molecule has 0 saturated heterocycles. The fraction of sp³-hybridized carbons (Fsp3) is 0. The van der Waals surface area contributed by atoms with E-state index < -0.39 is 0 Å². The lowest BCUT2D eigenvalue weighted by atomic mass is 9.91. The summed E-state index contributed by atoms with van der Waals surface area (Å²) >= 11 is 0. The standard InChI is InChI=1S/C48H33N3.2C37H25N3/c1-5-16-34(17-6-1)40-29-41(31-42(30-40)43-32-44(35-18-7-2-8-19-35)49-45(33-43)36-20-9-3-10-21-36)38-24-15-25-39(28-38)47-48(37-22-11-4-12-23-37)51-27-14-13-26-46(51)50-47;1-2-12-26(13-3-1)37-36(38-35-22-8-9-23-39(35)37)29-16-10-14-27(24-29)28-15-11-17-30(25-28)40-33-20-6-4-18-31(33)32-19-5-7-21-34(32)40;1-2-11-27(12-3-1)37-36(38-35-19-8-9-24-39(35)37)29-14-10-13-28(25-29)26-20-22-30(23-21-26)40-33-17-6-4-15-31(33)32-16-5-7-18-34(32)40/h1-33H;2*1-25H. The second-order valence-electron chi connectivity index (χ2n) is 32.9. The van der Waals surface area contributed by atoms with Gasteiger partial charge in [0.15, 0.2) is 0 Å². The highest BCUT2D eigenvalue weighted by molar-refractivity contribution is 6.10. The average Bonchev–Trinajstić information content (AvgIpc) is 1.60. The smallest absolute Gasteiger partial charge is 0.137 e. The molecule has 9 aromatic heterocycles. The van der Waals surface area contributed by atoms with Crippen molar-refractivity contribution in [3.63, 3.8) is 0 Å². The van der Waals surface area contributed by atoms with E-state index in [1.807, 2.05) is 30.3 Å². The molecule has 16 aromatic carbocycles. The molecule has 0 unspecified atom stereocenters. The van der Waals surface area contributed by atoms with Gasteiger partial charge in [-0.3, -0.25) is 13.2 Å². The number of aromatic nitrogens is 9. The van der Waals surface area contributed by atoms with E-state index in [0.717, 1.165) is 152 Å². The predicted octanol–water partition coefficient (Wildman–Crippen LogP) is 31.3. The third-order valence-electron chi connectivity index (χ3n) is 24.9. The highest BCUT2D eigenvalue weighted by Gasteiger charge is 2.23. The van der Waals surface area contributed by atoms with Crippen LogP contribution in [0.5, 0.6) is 0 Å². The minimum Gasteiger partial charge on any atom is -0.309 e. The van der Waals surface area contributed by atoms with Crippen molar-refractivity contribution in [3.05, 3.63) is 504 Å². The molecule has 9 heterocycles. The molecule has 0 bridgehead atoms. The largest absolute Gasteiger partial charge is 0.309 e. The van der Waals surface area contributed by atoms with E-state index in [4.69, 9.17) is 19.9 Å². The molecule has 0 spiro atoms. The van der Waals surface area contributed by atoms with Crippen LogP contribution in [0.15, 0.2) is 504 Å². The van der Waals surface area contributed by atoms with Gasteiger partial charge in [0.25, 0.3) is 0 Å². The van der Waals surface area contributed by atoms with Crippen LogP contribution in [0.1, 0.15) is 0 Å². The number of hydrogen-bond acceptors (Lipinski definition) is 4. The van der Waals surface area contributed by atoms with Gasteiger partial charge in [-0.15, -0.1) is 0 Å². The molecule has 0 aliphatic rings. The van der Waals surface area contributed by atoms with Gasteiger partial charge in [0.2, 0.25) is 0 Å². The van der Waals surface area contributed by atoms with Gasteiger partial charge in [0.05, 0.1) is 67.6 Å². The minimum absolute atomic E-state index is 0.922. The fourth-order valence-electron chi connectivity index (χ4n) is 18.7. The summed E-state index contributed by atoms with van der Waals surface area (Å²) in [5, 5.41) is 5.09. The van der Waals surface area contributed by atoms with Crippen molar-refractivity contribution in [1.82, 2.24) is 42.3 Å². The zero-order valence-electron chi connectivity index (χ0n) is 71.4. The molecular formula is C122H83N9. The first-order chi connectivity index (χ1) is 65.0. The Labute approximate surface area is 758 Å². The molecule has 9 nitrogen and oxygen atoms in total.